The first-order valence-electron chi connectivity index (χ1n) is 10.8. The molecular weight excluding hydrogens is 400 g/mol. The molecule has 4 aliphatic rings. The molecule has 0 unspecified atom stereocenters. The molecular formula is C28H24O4. The third-order valence-corrected chi connectivity index (χ3v) is 5.73. The van der Waals surface area contributed by atoms with E-state index in [0.29, 0.717) is 23.0 Å². The van der Waals surface area contributed by atoms with Gasteiger partial charge in [0, 0.05) is 0 Å². The van der Waals surface area contributed by atoms with E-state index in [9.17, 15) is 10.2 Å². The van der Waals surface area contributed by atoms with Crippen LogP contribution in [0.25, 0.3) is 0 Å². The average molecular weight is 424 g/mol. The predicted octanol–water partition coefficient (Wildman–Crippen LogP) is 6.57. The van der Waals surface area contributed by atoms with Gasteiger partial charge in [0.1, 0.15) is 11.5 Å². The molecule has 4 heteroatoms. The monoisotopic (exact) mass is 424 g/mol. The van der Waals surface area contributed by atoms with Gasteiger partial charge in [-0.2, -0.15) is 0 Å². The lowest BCUT2D eigenvalue weighted by Gasteiger charge is -2.13. The Bertz CT molecular complexity index is 1240. The summed E-state index contributed by atoms with van der Waals surface area (Å²) in [5, 5.41) is 20.7. The van der Waals surface area contributed by atoms with Crippen LogP contribution in [0.15, 0.2) is 84.9 Å². The minimum Gasteiger partial charge on any atom is -0.504 e. The van der Waals surface area contributed by atoms with Gasteiger partial charge in [-0.25, -0.2) is 0 Å². The van der Waals surface area contributed by atoms with Crippen molar-refractivity contribution in [1.29, 1.82) is 0 Å². The zero-order chi connectivity index (χ0) is 21.9. The van der Waals surface area contributed by atoms with E-state index in [2.05, 4.69) is 6.07 Å². The Morgan fingerprint density at radius 2 is 1.09 bits per heavy atom. The molecule has 8 rings (SSSR count). The van der Waals surface area contributed by atoms with E-state index >= 15 is 0 Å². The lowest BCUT2D eigenvalue weighted by molar-refractivity contribution is 0.410. The van der Waals surface area contributed by atoms with Gasteiger partial charge in [0.2, 0.25) is 0 Å². The minimum atomic E-state index is 0.110. The van der Waals surface area contributed by atoms with Crippen LogP contribution in [0.3, 0.4) is 0 Å². The van der Waals surface area contributed by atoms with Crippen LogP contribution in [0.2, 0.25) is 0 Å². The number of rotatable bonds is 0. The summed E-state index contributed by atoms with van der Waals surface area (Å²) in [7, 11) is 0. The smallest absolute Gasteiger partial charge is 0.169 e. The fraction of sp³-hybridized carbons (Fsp3) is 0.143. The second-order valence-electron chi connectivity index (χ2n) is 8.10. The summed E-state index contributed by atoms with van der Waals surface area (Å²) in [6, 6.07) is 26.9. The second kappa shape index (κ2) is 8.67. The Labute approximate surface area is 187 Å². The Hall–Kier alpha value is -3.92. The third-order valence-electron chi connectivity index (χ3n) is 5.73. The van der Waals surface area contributed by atoms with E-state index in [1.165, 1.54) is 5.56 Å². The van der Waals surface area contributed by atoms with Gasteiger partial charge in [0.15, 0.2) is 23.0 Å². The van der Waals surface area contributed by atoms with Crippen LogP contribution in [0.1, 0.15) is 22.3 Å². The topological polar surface area (TPSA) is 58.9 Å². The van der Waals surface area contributed by atoms with Gasteiger partial charge in [-0.1, -0.05) is 36.4 Å². The van der Waals surface area contributed by atoms with Gasteiger partial charge >= 0.3 is 0 Å². The first-order chi connectivity index (χ1) is 15.6. The van der Waals surface area contributed by atoms with E-state index in [-0.39, 0.29) is 11.5 Å². The van der Waals surface area contributed by atoms with E-state index in [0.717, 1.165) is 42.4 Å². The molecule has 4 heterocycles. The van der Waals surface area contributed by atoms with Gasteiger partial charge in [0.05, 0.1) is 0 Å². The van der Waals surface area contributed by atoms with E-state index in [1.54, 1.807) is 12.1 Å². The number of aryl methyl sites for hydroxylation is 4. The molecule has 0 atom stereocenters. The molecule has 160 valence electrons. The van der Waals surface area contributed by atoms with E-state index in [1.807, 2.05) is 66.7 Å². The van der Waals surface area contributed by atoms with E-state index in [4.69, 9.17) is 9.47 Å². The van der Waals surface area contributed by atoms with Crippen molar-refractivity contribution >= 4 is 0 Å². The van der Waals surface area contributed by atoms with Crippen LogP contribution in [-0.4, -0.2) is 10.2 Å². The average Bonchev–Trinajstić information content (AvgIpc) is 2.80. The molecule has 4 aliphatic heterocycles. The third kappa shape index (κ3) is 4.54. The number of hydrogen-bond acceptors (Lipinski definition) is 4. The number of aromatic hydroxyl groups is 2. The highest BCUT2D eigenvalue weighted by Crippen LogP contribution is 2.34. The molecule has 4 aromatic carbocycles. The molecule has 0 saturated heterocycles. The Balaban J connectivity index is 1.50. The lowest BCUT2D eigenvalue weighted by atomic mass is 10.0. The fourth-order valence-corrected chi connectivity index (χ4v) is 3.92. The van der Waals surface area contributed by atoms with Crippen molar-refractivity contribution in [2.45, 2.75) is 25.7 Å². The van der Waals surface area contributed by atoms with Crippen LogP contribution in [0, 0.1) is 0 Å². The van der Waals surface area contributed by atoms with Crippen LogP contribution in [-0.2, 0) is 25.7 Å². The molecule has 0 spiro atoms. The fourth-order valence-electron chi connectivity index (χ4n) is 3.92. The molecule has 0 fully saturated rings. The zero-order valence-electron chi connectivity index (χ0n) is 17.6. The molecule has 4 nitrogen and oxygen atoms in total. The summed E-state index contributed by atoms with van der Waals surface area (Å²) < 4.78 is 11.9. The van der Waals surface area contributed by atoms with E-state index < -0.39 is 0 Å². The highest BCUT2D eigenvalue weighted by molar-refractivity contribution is 5.47. The van der Waals surface area contributed by atoms with Crippen LogP contribution in [0.5, 0.6) is 34.5 Å². The van der Waals surface area contributed by atoms with Gasteiger partial charge < -0.3 is 19.7 Å². The van der Waals surface area contributed by atoms with Gasteiger partial charge in [-0.3, -0.25) is 0 Å². The standard InChI is InChI=1S/C28H24O4/c29-25-14-10-22-7-6-21-11-15-27(26(30)17-21)32-24-3-1-2-20(16-24)5-4-19-8-12-23(13-9-19)31-28(25)18-22/h1-3,8-18,29-30H,4-7H2. The minimum absolute atomic E-state index is 0.110. The predicted molar refractivity (Wildman–Crippen MR) is 124 cm³/mol. The maximum Gasteiger partial charge on any atom is 0.169 e. The molecule has 0 aromatic heterocycles. The Morgan fingerprint density at radius 1 is 0.469 bits per heavy atom. The van der Waals surface area contributed by atoms with Crippen molar-refractivity contribution in [2.75, 3.05) is 0 Å². The summed E-state index contributed by atoms with van der Waals surface area (Å²) in [5.41, 5.74) is 4.41. The van der Waals surface area contributed by atoms with Crippen molar-refractivity contribution in [3.05, 3.63) is 107 Å². The maximum atomic E-state index is 10.5. The number of phenolic OH excluding ortho intramolecular Hbond substituents is 2. The summed E-state index contributed by atoms with van der Waals surface area (Å²) in [5.74, 6) is 2.51. The summed E-state index contributed by atoms with van der Waals surface area (Å²) >= 11 is 0. The molecule has 4 aromatic rings. The zero-order valence-corrected chi connectivity index (χ0v) is 17.6. The summed E-state index contributed by atoms with van der Waals surface area (Å²) in [6.45, 7) is 0. The summed E-state index contributed by atoms with van der Waals surface area (Å²) in [4.78, 5) is 0. The van der Waals surface area contributed by atoms with Crippen molar-refractivity contribution in [2.24, 2.45) is 0 Å². The van der Waals surface area contributed by atoms with Crippen LogP contribution in [0.4, 0.5) is 0 Å². The lowest BCUT2D eigenvalue weighted by Crippen LogP contribution is -1.95. The van der Waals surface area contributed by atoms with Crippen molar-refractivity contribution < 1.29 is 19.7 Å². The van der Waals surface area contributed by atoms with Gasteiger partial charge in [0.25, 0.3) is 0 Å². The molecule has 0 aliphatic carbocycles. The second-order valence-corrected chi connectivity index (χ2v) is 8.10. The Kier molecular flexibility index (Phi) is 5.42. The van der Waals surface area contributed by atoms with Crippen molar-refractivity contribution in [3.8, 4) is 34.5 Å². The molecule has 2 N–H and O–H groups in total. The van der Waals surface area contributed by atoms with Crippen LogP contribution < -0.4 is 9.47 Å². The summed E-state index contributed by atoms with van der Waals surface area (Å²) in [6.07, 6.45) is 3.23. The first kappa shape index (κ1) is 20.0. The van der Waals surface area contributed by atoms with Crippen LogP contribution >= 0.6 is 0 Å². The normalized spacial score (nSPS) is 13.2. The highest BCUT2D eigenvalue weighted by Gasteiger charge is 2.10. The molecule has 0 amide bonds. The number of phenols is 2. The SMILES string of the molecule is Oc1cc2ccc1Oc1cccc(c1)CCc1ccc(cc1)Oc1cc(ccc1O)CC2. The van der Waals surface area contributed by atoms with Crippen molar-refractivity contribution in [3.63, 3.8) is 0 Å². The molecule has 0 radical (unpaired) electrons. The largest absolute Gasteiger partial charge is 0.504 e. The molecule has 32 heavy (non-hydrogen) atoms. The number of benzene rings is 4. The van der Waals surface area contributed by atoms with Gasteiger partial charge in [-0.05, 0) is 96.5 Å². The highest BCUT2D eigenvalue weighted by atomic mass is 16.5. The number of hydrogen-bond donors (Lipinski definition) is 2. The van der Waals surface area contributed by atoms with Crippen molar-refractivity contribution in [1.82, 2.24) is 0 Å². The molecule has 0 saturated carbocycles. The Morgan fingerprint density at radius 3 is 1.88 bits per heavy atom. The van der Waals surface area contributed by atoms with Gasteiger partial charge in [-0.15, -0.1) is 0 Å². The maximum absolute atomic E-state index is 10.5. The molecule has 8 bridgehead atoms. The quantitative estimate of drug-likeness (QED) is 0.335. The number of ether oxygens (including phenoxy) is 2. The first-order valence-corrected chi connectivity index (χ1v) is 10.8.